The van der Waals surface area contributed by atoms with E-state index < -0.39 is 40.6 Å². The van der Waals surface area contributed by atoms with Crippen molar-refractivity contribution >= 4 is 44.8 Å². The smallest absolute Gasteiger partial charge is 0.271 e. The van der Waals surface area contributed by atoms with Gasteiger partial charge < -0.3 is 4.74 Å². The number of halogens is 2. The molecule has 0 bridgehead atoms. The maximum Gasteiger partial charge on any atom is 0.271 e. The summed E-state index contributed by atoms with van der Waals surface area (Å²) >= 11 is 3.43. The Labute approximate surface area is 206 Å². The van der Waals surface area contributed by atoms with Gasteiger partial charge in [-0.15, -0.1) is 0 Å². The predicted octanol–water partition coefficient (Wildman–Crippen LogP) is 4.56. The molecule has 2 amide bonds. The van der Waals surface area contributed by atoms with Crippen molar-refractivity contribution in [2.45, 2.75) is 12.1 Å². The van der Waals surface area contributed by atoms with Crippen molar-refractivity contribution in [3.05, 3.63) is 92.7 Å². The number of anilines is 2. The molecule has 0 aliphatic carbocycles. The topological polar surface area (TPSA) is 102 Å². The average Bonchev–Trinajstić information content (AvgIpc) is 3.36. The predicted molar refractivity (Wildman–Crippen MR) is 126 cm³/mol. The van der Waals surface area contributed by atoms with Gasteiger partial charge in [0.15, 0.2) is 6.10 Å². The fraction of sp³-hybridized carbons (Fsp3) is 0.167. The van der Waals surface area contributed by atoms with E-state index >= 15 is 0 Å². The molecule has 2 saturated heterocycles. The molecule has 2 heterocycles. The van der Waals surface area contributed by atoms with Gasteiger partial charge in [-0.25, -0.2) is 14.4 Å². The third-order valence-corrected chi connectivity index (χ3v) is 6.50. The Bertz CT molecular complexity index is 1350. The molecule has 2 aliphatic rings. The number of nitro groups is 1. The number of carbonyl (C=O) groups is 2. The molecular weight excluding hydrogens is 525 g/mol. The lowest BCUT2D eigenvalue weighted by molar-refractivity contribution is -0.384. The van der Waals surface area contributed by atoms with E-state index in [0.29, 0.717) is 21.5 Å². The van der Waals surface area contributed by atoms with Crippen molar-refractivity contribution in [1.29, 1.82) is 0 Å². The van der Waals surface area contributed by atoms with Crippen LogP contribution in [0.15, 0.2) is 71.2 Å². The quantitative estimate of drug-likeness (QED) is 0.265. The Hall–Kier alpha value is -3.83. The van der Waals surface area contributed by atoms with Gasteiger partial charge in [0, 0.05) is 22.2 Å². The van der Waals surface area contributed by atoms with Crippen LogP contribution in [0.25, 0.3) is 0 Å². The molecule has 0 unspecified atom stereocenters. The van der Waals surface area contributed by atoms with Gasteiger partial charge in [0.25, 0.3) is 11.6 Å². The first-order valence-corrected chi connectivity index (χ1v) is 11.3. The zero-order chi connectivity index (χ0) is 24.9. The highest BCUT2D eigenvalue weighted by atomic mass is 79.9. The zero-order valence-corrected chi connectivity index (χ0v) is 19.7. The highest BCUT2D eigenvalue weighted by molar-refractivity contribution is 9.10. The number of fused-ring (bicyclic) bond motifs is 1. The fourth-order valence-corrected chi connectivity index (χ4v) is 4.86. The molecule has 3 aromatic carbocycles. The molecule has 0 N–H and O–H groups in total. The molecule has 2 aliphatic heterocycles. The van der Waals surface area contributed by atoms with E-state index in [1.165, 1.54) is 42.5 Å². The van der Waals surface area contributed by atoms with Crippen molar-refractivity contribution in [1.82, 2.24) is 0 Å². The molecule has 9 nitrogen and oxygen atoms in total. The van der Waals surface area contributed by atoms with Crippen molar-refractivity contribution in [2.24, 2.45) is 5.92 Å². The van der Waals surface area contributed by atoms with Gasteiger partial charge in [-0.05, 0) is 48.5 Å². The molecule has 35 heavy (non-hydrogen) atoms. The Kier molecular flexibility index (Phi) is 5.73. The van der Waals surface area contributed by atoms with Crippen LogP contribution in [0.3, 0.4) is 0 Å². The molecule has 0 spiro atoms. The lowest BCUT2D eigenvalue weighted by Gasteiger charge is -2.29. The first-order chi connectivity index (χ1) is 16.8. The van der Waals surface area contributed by atoms with Crippen LogP contribution in [0.1, 0.15) is 11.6 Å². The summed E-state index contributed by atoms with van der Waals surface area (Å²) in [6, 6.07) is 15.1. The molecule has 0 radical (unpaired) electrons. The number of hydroxylamine groups is 1. The number of ether oxygens (including phenoxy) is 1. The van der Waals surface area contributed by atoms with Crippen molar-refractivity contribution in [3.8, 4) is 5.75 Å². The van der Waals surface area contributed by atoms with Gasteiger partial charge in [0.1, 0.15) is 17.5 Å². The van der Waals surface area contributed by atoms with E-state index in [9.17, 15) is 24.1 Å². The van der Waals surface area contributed by atoms with Crippen LogP contribution in [0.5, 0.6) is 5.75 Å². The molecule has 11 heteroatoms. The van der Waals surface area contributed by atoms with E-state index in [1.54, 1.807) is 24.3 Å². The summed E-state index contributed by atoms with van der Waals surface area (Å²) in [5.74, 6) is -2.20. The highest BCUT2D eigenvalue weighted by Crippen LogP contribution is 2.50. The van der Waals surface area contributed by atoms with E-state index in [0.717, 1.165) is 17.0 Å². The summed E-state index contributed by atoms with van der Waals surface area (Å²) in [6.45, 7) is 0. The second-order valence-electron chi connectivity index (χ2n) is 7.97. The number of benzene rings is 3. The number of rotatable bonds is 5. The Morgan fingerprint density at radius 2 is 1.77 bits per heavy atom. The maximum absolute atomic E-state index is 13.6. The summed E-state index contributed by atoms with van der Waals surface area (Å²) in [7, 11) is 1.48. The molecule has 0 aromatic heterocycles. The van der Waals surface area contributed by atoms with E-state index in [2.05, 4.69) is 15.9 Å². The van der Waals surface area contributed by atoms with Crippen molar-refractivity contribution < 1.29 is 28.5 Å². The summed E-state index contributed by atoms with van der Waals surface area (Å²) in [4.78, 5) is 44.8. The van der Waals surface area contributed by atoms with Gasteiger partial charge in [-0.2, -0.15) is 0 Å². The van der Waals surface area contributed by atoms with Gasteiger partial charge in [-0.1, -0.05) is 22.0 Å². The third-order valence-electron chi connectivity index (χ3n) is 6.01. The van der Waals surface area contributed by atoms with Crippen molar-refractivity contribution in [3.63, 3.8) is 0 Å². The Balaban J connectivity index is 1.64. The van der Waals surface area contributed by atoms with Crippen LogP contribution >= 0.6 is 15.9 Å². The Morgan fingerprint density at radius 1 is 1.03 bits per heavy atom. The normalized spacial score (nSPS) is 21.4. The monoisotopic (exact) mass is 541 g/mol. The number of carbonyl (C=O) groups excluding carboxylic acids is 2. The lowest BCUT2D eigenvalue weighted by atomic mass is 9.90. The average molecular weight is 542 g/mol. The highest BCUT2D eigenvalue weighted by Gasteiger charge is 2.60. The minimum absolute atomic E-state index is 0.172. The van der Waals surface area contributed by atoms with Crippen LogP contribution in [0.4, 0.5) is 21.5 Å². The zero-order valence-electron chi connectivity index (χ0n) is 18.1. The van der Waals surface area contributed by atoms with E-state index in [4.69, 9.17) is 9.57 Å². The SMILES string of the molecule is COc1ccc(Br)cc1[C@H]1[C@@H]2C(=O)N(c3ccc(F)cc3)C(=O)[C@H]2ON1c1cccc([N+](=O)[O-])c1. The van der Waals surface area contributed by atoms with Crippen LogP contribution in [-0.4, -0.2) is 30.0 Å². The number of hydrogen-bond acceptors (Lipinski definition) is 7. The molecule has 178 valence electrons. The van der Waals surface area contributed by atoms with E-state index in [1.807, 2.05) is 0 Å². The van der Waals surface area contributed by atoms with Crippen LogP contribution < -0.4 is 14.7 Å². The Morgan fingerprint density at radius 3 is 2.46 bits per heavy atom. The first-order valence-electron chi connectivity index (χ1n) is 10.5. The molecule has 3 aromatic rings. The summed E-state index contributed by atoms with van der Waals surface area (Å²) in [6.07, 6.45) is -1.19. The van der Waals surface area contributed by atoms with Gasteiger partial charge in [0.05, 0.1) is 29.4 Å². The van der Waals surface area contributed by atoms with Crippen molar-refractivity contribution in [2.75, 3.05) is 17.1 Å². The second-order valence-corrected chi connectivity index (χ2v) is 8.89. The maximum atomic E-state index is 13.6. The number of amides is 2. The largest absolute Gasteiger partial charge is 0.496 e. The number of nitrogens with zero attached hydrogens (tertiary/aromatic N) is 3. The standard InChI is InChI=1S/C24H17BrFN3O6/c1-34-19-10-5-13(25)11-18(19)21-20-22(35-28(21)16-3-2-4-17(12-16)29(32)33)24(31)27(23(20)30)15-8-6-14(26)7-9-15/h2-12,20-22H,1H3/t20-,21-,22-/m0/s1. The molecule has 0 saturated carbocycles. The minimum Gasteiger partial charge on any atom is -0.496 e. The van der Waals surface area contributed by atoms with E-state index in [-0.39, 0.29) is 11.4 Å². The number of imide groups is 1. The van der Waals surface area contributed by atoms with Crippen LogP contribution in [-0.2, 0) is 14.4 Å². The molecule has 3 atom stereocenters. The summed E-state index contributed by atoms with van der Waals surface area (Å²) in [5.41, 5.74) is 0.896. The molecular formula is C24H17BrFN3O6. The van der Waals surface area contributed by atoms with Crippen LogP contribution in [0, 0.1) is 21.8 Å². The van der Waals surface area contributed by atoms with Gasteiger partial charge >= 0.3 is 0 Å². The number of methoxy groups -OCH3 is 1. The van der Waals surface area contributed by atoms with Crippen LogP contribution in [0.2, 0.25) is 0 Å². The van der Waals surface area contributed by atoms with Gasteiger partial charge in [0.2, 0.25) is 5.91 Å². The summed E-state index contributed by atoms with van der Waals surface area (Å²) < 4.78 is 19.7. The first kappa shape index (κ1) is 22.9. The third kappa shape index (κ3) is 3.82. The van der Waals surface area contributed by atoms with Gasteiger partial charge in [-0.3, -0.25) is 24.5 Å². The number of hydrogen-bond donors (Lipinski definition) is 0. The molecule has 2 fully saturated rings. The minimum atomic E-state index is -1.19. The second kappa shape index (κ2) is 8.75. The fourth-order valence-electron chi connectivity index (χ4n) is 4.48. The summed E-state index contributed by atoms with van der Waals surface area (Å²) in [5, 5.41) is 12.7. The number of nitro benzene ring substituents is 1. The number of non-ortho nitro benzene ring substituents is 1. The molecule has 5 rings (SSSR count). The lowest BCUT2D eigenvalue weighted by Crippen LogP contribution is -2.37.